The second-order valence-corrected chi connectivity index (χ2v) is 3.05. The van der Waals surface area contributed by atoms with Crippen molar-refractivity contribution in [3.05, 3.63) is 41.2 Å². The van der Waals surface area contributed by atoms with Gasteiger partial charge in [0.05, 0.1) is 5.82 Å². The summed E-state index contributed by atoms with van der Waals surface area (Å²) in [5.74, 6) is 0.800. The predicted octanol–water partition coefficient (Wildman–Crippen LogP) is 1.44. The lowest BCUT2D eigenvalue weighted by atomic mass is 9.98. The highest BCUT2D eigenvalue weighted by Gasteiger charge is 2.11. The van der Waals surface area contributed by atoms with E-state index in [4.69, 9.17) is 5.73 Å². The molecule has 1 aliphatic rings. The summed E-state index contributed by atoms with van der Waals surface area (Å²) in [5.41, 5.74) is 9.51. The van der Waals surface area contributed by atoms with Gasteiger partial charge >= 0.3 is 0 Å². The summed E-state index contributed by atoms with van der Waals surface area (Å²) in [6.07, 6.45) is 0. The SMILES string of the molecule is CC1=C(N)NCc2ccccc21. The van der Waals surface area contributed by atoms with Crippen LogP contribution in [-0.4, -0.2) is 0 Å². The summed E-state index contributed by atoms with van der Waals surface area (Å²) in [6.45, 7) is 2.89. The molecule has 1 aliphatic heterocycles. The molecule has 1 heterocycles. The monoisotopic (exact) mass is 160 g/mol. The second-order valence-electron chi connectivity index (χ2n) is 3.05. The summed E-state index contributed by atoms with van der Waals surface area (Å²) in [7, 11) is 0. The van der Waals surface area contributed by atoms with E-state index < -0.39 is 0 Å². The molecule has 0 fully saturated rings. The highest BCUT2D eigenvalue weighted by molar-refractivity contribution is 5.70. The molecule has 1 aromatic carbocycles. The van der Waals surface area contributed by atoms with Gasteiger partial charge in [-0.3, -0.25) is 0 Å². The van der Waals surface area contributed by atoms with Crippen molar-refractivity contribution in [1.29, 1.82) is 0 Å². The van der Waals surface area contributed by atoms with Crippen molar-refractivity contribution in [3.63, 3.8) is 0 Å². The molecular formula is C10H12N2. The van der Waals surface area contributed by atoms with E-state index in [9.17, 15) is 0 Å². The second kappa shape index (κ2) is 2.55. The lowest BCUT2D eigenvalue weighted by Gasteiger charge is -2.19. The fourth-order valence-electron chi connectivity index (χ4n) is 1.51. The lowest BCUT2D eigenvalue weighted by Crippen LogP contribution is -2.25. The summed E-state index contributed by atoms with van der Waals surface area (Å²) in [4.78, 5) is 0. The Bertz CT molecular complexity index is 339. The first kappa shape index (κ1) is 7.22. The first-order valence-corrected chi connectivity index (χ1v) is 4.07. The maximum atomic E-state index is 5.76. The van der Waals surface area contributed by atoms with Crippen LogP contribution in [0.25, 0.3) is 5.57 Å². The number of benzene rings is 1. The fraction of sp³-hybridized carbons (Fsp3) is 0.200. The third kappa shape index (κ3) is 0.961. The van der Waals surface area contributed by atoms with Gasteiger partial charge in [-0.25, -0.2) is 0 Å². The maximum Gasteiger partial charge on any atom is 0.0999 e. The van der Waals surface area contributed by atoms with Crippen LogP contribution in [-0.2, 0) is 6.54 Å². The van der Waals surface area contributed by atoms with Crippen LogP contribution in [0.3, 0.4) is 0 Å². The highest BCUT2D eigenvalue weighted by Crippen LogP contribution is 2.23. The summed E-state index contributed by atoms with van der Waals surface area (Å²) >= 11 is 0. The molecule has 2 heteroatoms. The standard InChI is InChI=1S/C10H12N2/c1-7-9-5-3-2-4-8(9)6-12-10(7)11/h2-5,12H,6,11H2,1H3. The maximum absolute atomic E-state index is 5.76. The van der Waals surface area contributed by atoms with Crippen molar-refractivity contribution in [2.75, 3.05) is 0 Å². The van der Waals surface area contributed by atoms with Gasteiger partial charge in [0, 0.05) is 6.54 Å². The topological polar surface area (TPSA) is 38.0 Å². The molecule has 2 rings (SSSR count). The van der Waals surface area contributed by atoms with Gasteiger partial charge in [-0.1, -0.05) is 24.3 Å². The average molecular weight is 160 g/mol. The summed E-state index contributed by atoms with van der Waals surface area (Å²) < 4.78 is 0. The van der Waals surface area contributed by atoms with E-state index in [0.717, 1.165) is 17.9 Å². The van der Waals surface area contributed by atoms with Crippen LogP contribution >= 0.6 is 0 Å². The Balaban J connectivity index is 2.59. The molecular weight excluding hydrogens is 148 g/mol. The molecule has 0 saturated carbocycles. The van der Waals surface area contributed by atoms with E-state index in [0.29, 0.717) is 0 Å². The highest BCUT2D eigenvalue weighted by atomic mass is 15.0. The van der Waals surface area contributed by atoms with Gasteiger partial charge in [0.1, 0.15) is 0 Å². The van der Waals surface area contributed by atoms with E-state index in [1.165, 1.54) is 11.1 Å². The quantitative estimate of drug-likeness (QED) is 0.602. The van der Waals surface area contributed by atoms with Crippen molar-refractivity contribution < 1.29 is 0 Å². The van der Waals surface area contributed by atoms with E-state index in [2.05, 4.69) is 23.5 Å². The normalized spacial score (nSPS) is 15.4. The van der Waals surface area contributed by atoms with Crippen LogP contribution in [0, 0.1) is 0 Å². The molecule has 62 valence electrons. The molecule has 1 aromatic rings. The van der Waals surface area contributed by atoms with E-state index in [-0.39, 0.29) is 0 Å². The van der Waals surface area contributed by atoms with Gasteiger partial charge < -0.3 is 11.1 Å². The fourth-order valence-corrected chi connectivity index (χ4v) is 1.51. The van der Waals surface area contributed by atoms with E-state index in [1.807, 2.05) is 13.0 Å². The van der Waals surface area contributed by atoms with Crippen LogP contribution in [0.5, 0.6) is 0 Å². The van der Waals surface area contributed by atoms with Crippen molar-refractivity contribution in [2.45, 2.75) is 13.5 Å². The molecule has 2 nitrogen and oxygen atoms in total. The Morgan fingerprint density at radius 1 is 1.33 bits per heavy atom. The molecule has 0 spiro atoms. The van der Waals surface area contributed by atoms with Gasteiger partial charge in [0.15, 0.2) is 0 Å². The molecule has 0 unspecified atom stereocenters. The Labute approximate surface area is 72.1 Å². The number of rotatable bonds is 0. The smallest absolute Gasteiger partial charge is 0.0999 e. The van der Waals surface area contributed by atoms with E-state index in [1.54, 1.807) is 0 Å². The Kier molecular flexibility index (Phi) is 1.54. The third-order valence-electron chi connectivity index (χ3n) is 2.29. The van der Waals surface area contributed by atoms with Gasteiger partial charge in [0.2, 0.25) is 0 Å². The summed E-state index contributed by atoms with van der Waals surface area (Å²) in [6, 6.07) is 8.33. The molecule has 0 radical (unpaired) electrons. The predicted molar refractivity (Wildman–Crippen MR) is 50.1 cm³/mol. The first-order chi connectivity index (χ1) is 5.79. The van der Waals surface area contributed by atoms with Crippen LogP contribution in [0.15, 0.2) is 30.1 Å². The van der Waals surface area contributed by atoms with Gasteiger partial charge in [-0.15, -0.1) is 0 Å². The van der Waals surface area contributed by atoms with Crippen molar-refractivity contribution in [2.24, 2.45) is 5.73 Å². The average Bonchev–Trinajstić information content (AvgIpc) is 2.12. The van der Waals surface area contributed by atoms with Crippen LogP contribution in [0.2, 0.25) is 0 Å². The van der Waals surface area contributed by atoms with Gasteiger partial charge in [-0.2, -0.15) is 0 Å². The largest absolute Gasteiger partial charge is 0.385 e. The minimum atomic E-state index is 0.800. The van der Waals surface area contributed by atoms with Crippen molar-refractivity contribution >= 4 is 5.57 Å². The number of allylic oxidation sites excluding steroid dienone is 1. The zero-order valence-electron chi connectivity index (χ0n) is 7.09. The first-order valence-electron chi connectivity index (χ1n) is 4.07. The molecule has 0 bridgehead atoms. The van der Waals surface area contributed by atoms with Crippen molar-refractivity contribution in [3.8, 4) is 0 Å². The molecule has 0 saturated heterocycles. The molecule has 0 atom stereocenters. The minimum absolute atomic E-state index is 0.800. The van der Waals surface area contributed by atoms with Crippen molar-refractivity contribution in [1.82, 2.24) is 5.32 Å². The van der Waals surface area contributed by atoms with Crippen LogP contribution in [0.4, 0.5) is 0 Å². The zero-order valence-corrected chi connectivity index (χ0v) is 7.09. The zero-order chi connectivity index (χ0) is 8.55. The Morgan fingerprint density at radius 2 is 2.08 bits per heavy atom. The van der Waals surface area contributed by atoms with Crippen LogP contribution < -0.4 is 11.1 Å². The Morgan fingerprint density at radius 3 is 2.92 bits per heavy atom. The third-order valence-corrected chi connectivity index (χ3v) is 2.29. The molecule has 0 amide bonds. The molecule has 0 aliphatic carbocycles. The van der Waals surface area contributed by atoms with Gasteiger partial charge in [0.25, 0.3) is 0 Å². The van der Waals surface area contributed by atoms with Gasteiger partial charge in [-0.05, 0) is 23.6 Å². The number of nitrogens with one attached hydrogen (secondary N) is 1. The number of hydrogen-bond acceptors (Lipinski definition) is 2. The molecule has 3 N–H and O–H groups in total. The lowest BCUT2D eigenvalue weighted by molar-refractivity contribution is 0.782. The number of hydrogen-bond donors (Lipinski definition) is 2. The van der Waals surface area contributed by atoms with Crippen LogP contribution in [0.1, 0.15) is 18.1 Å². The molecule has 12 heavy (non-hydrogen) atoms. The summed E-state index contributed by atoms with van der Waals surface area (Å²) in [5, 5.41) is 3.15. The number of fused-ring (bicyclic) bond motifs is 1. The Hall–Kier alpha value is -1.44. The number of nitrogens with two attached hydrogens (primary N) is 1. The molecule has 0 aromatic heterocycles. The minimum Gasteiger partial charge on any atom is -0.385 e. The van der Waals surface area contributed by atoms with E-state index >= 15 is 0 Å².